The molecule has 0 radical (unpaired) electrons. The van der Waals surface area contributed by atoms with E-state index in [2.05, 4.69) is 25.8 Å². The molecule has 0 aromatic rings. The van der Waals surface area contributed by atoms with Gasteiger partial charge in [-0.25, -0.2) is 0 Å². The number of likely N-dealkylation sites (tertiary alicyclic amines) is 1. The molecule has 1 saturated heterocycles. The van der Waals surface area contributed by atoms with Crippen molar-refractivity contribution in [3.8, 4) is 0 Å². The molecule has 3 heterocycles. The molecule has 0 amide bonds. The highest BCUT2D eigenvalue weighted by Gasteiger charge is 2.25. The molecule has 35 heavy (non-hydrogen) atoms. The van der Waals surface area contributed by atoms with Crippen LogP contribution in [0.25, 0.3) is 0 Å². The number of aliphatic imine (C=N–C) groups is 1. The number of nitrogens with zero attached hydrogens (tertiary/aromatic N) is 2. The number of hydrogen-bond donors (Lipinski definition) is 6. The summed E-state index contributed by atoms with van der Waals surface area (Å²) in [5.41, 5.74) is 11.3. The van der Waals surface area contributed by atoms with Crippen molar-refractivity contribution in [2.45, 2.75) is 33.3 Å². The molecular formula is C26H38N8O. The van der Waals surface area contributed by atoms with Crippen LogP contribution < -0.4 is 21.7 Å². The number of fused-ring (bicyclic) bond motifs is 1. The third-order valence-electron chi connectivity index (χ3n) is 6.05. The normalized spacial score (nSPS) is 19.4. The first kappa shape index (κ1) is 26.2. The first-order valence-electron chi connectivity index (χ1n) is 12.0. The van der Waals surface area contributed by atoms with Gasteiger partial charge in [-0.05, 0) is 49.1 Å². The van der Waals surface area contributed by atoms with Crippen LogP contribution in [0, 0.1) is 16.7 Å². The van der Waals surface area contributed by atoms with Crippen molar-refractivity contribution in [1.82, 2.24) is 20.9 Å². The predicted octanol–water partition coefficient (Wildman–Crippen LogP) is 2.51. The summed E-state index contributed by atoms with van der Waals surface area (Å²) in [5.74, 6) is 1.08. The topological polar surface area (TPSA) is 135 Å². The Kier molecular flexibility index (Phi) is 9.22. The van der Waals surface area contributed by atoms with E-state index in [-0.39, 0.29) is 11.8 Å². The SMILES string of the molecule is COC1CN(CCCN=CC(C2=CNC3=CC=C(NC(=N)C=C(C=N)C(C)C)NC3=C2)=C(C)N)C1. The van der Waals surface area contributed by atoms with Crippen molar-refractivity contribution in [2.75, 3.05) is 33.3 Å². The highest BCUT2D eigenvalue weighted by molar-refractivity contribution is 5.97. The monoisotopic (exact) mass is 478 g/mol. The average molecular weight is 479 g/mol. The summed E-state index contributed by atoms with van der Waals surface area (Å²) in [6.45, 7) is 9.65. The molecule has 9 nitrogen and oxygen atoms in total. The molecule has 0 aliphatic carbocycles. The maximum Gasteiger partial charge on any atom is 0.123 e. The second kappa shape index (κ2) is 12.3. The standard InChI is InChI=1S/C26H38N8O/c1-17(2)19(12-27)11-25(29)33-26-7-6-23-24(32-26)10-20(13-31-23)22(18(3)28)14-30-8-5-9-34-15-21(16-34)35-4/h6-7,10-14,17,21,27,31-32H,5,8-9,15-16,28H2,1-4H3,(H2,29,33). The fraction of sp³-hybridized carbons (Fsp3) is 0.423. The van der Waals surface area contributed by atoms with Crippen LogP contribution in [0.15, 0.2) is 75.1 Å². The summed E-state index contributed by atoms with van der Waals surface area (Å²) in [6.07, 6.45) is 14.0. The highest BCUT2D eigenvalue weighted by Crippen LogP contribution is 2.23. The molecule has 0 aromatic heterocycles. The average Bonchev–Trinajstić information content (AvgIpc) is 2.80. The van der Waals surface area contributed by atoms with Crippen LogP contribution >= 0.6 is 0 Å². The zero-order chi connectivity index (χ0) is 25.4. The van der Waals surface area contributed by atoms with Crippen molar-refractivity contribution in [3.05, 3.63) is 70.1 Å². The lowest BCUT2D eigenvalue weighted by Crippen LogP contribution is -2.51. The van der Waals surface area contributed by atoms with E-state index in [1.807, 2.05) is 51.4 Å². The minimum absolute atomic E-state index is 0.178. The van der Waals surface area contributed by atoms with Gasteiger partial charge in [-0.1, -0.05) is 13.8 Å². The lowest BCUT2D eigenvalue weighted by Gasteiger charge is -2.37. The molecule has 3 aliphatic rings. The number of rotatable bonds is 11. The number of methoxy groups -OCH3 is 1. The minimum Gasteiger partial charge on any atom is -0.402 e. The summed E-state index contributed by atoms with van der Waals surface area (Å²) < 4.78 is 5.31. The number of nitrogens with one attached hydrogen (secondary N) is 5. The maximum absolute atomic E-state index is 8.23. The molecule has 0 spiro atoms. The lowest BCUT2D eigenvalue weighted by atomic mass is 10.0. The Morgan fingerprint density at radius 3 is 2.77 bits per heavy atom. The van der Waals surface area contributed by atoms with E-state index in [1.54, 1.807) is 13.2 Å². The van der Waals surface area contributed by atoms with Gasteiger partial charge >= 0.3 is 0 Å². The van der Waals surface area contributed by atoms with E-state index < -0.39 is 0 Å². The van der Waals surface area contributed by atoms with E-state index in [0.717, 1.165) is 60.7 Å². The van der Waals surface area contributed by atoms with Crippen LogP contribution in [0.2, 0.25) is 0 Å². The molecule has 0 atom stereocenters. The Bertz CT molecular complexity index is 1030. The molecule has 0 unspecified atom stereocenters. The fourth-order valence-electron chi connectivity index (χ4n) is 3.85. The molecule has 3 aliphatic heterocycles. The molecular weight excluding hydrogens is 440 g/mol. The van der Waals surface area contributed by atoms with Crippen LogP contribution in [-0.4, -0.2) is 62.6 Å². The minimum atomic E-state index is 0.178. The molecule has 7 N–H and O–H groups in total. The molecule has 188 valence electrons. The van der Waals surface area contributed by atoms with E-state index in [9.17, 15) is 0 Å². The number of ether oxygens (including phenoxy) is 1. The maximum atomic E-state index is 8.23. The number of hydrogen-bond acceptors (Lipinski definition) is 8. The Balaban J connectivity index is 1.58. The zero-order valence-electron chi connectivity index (χ0n) is 21.1. The smallest absolute Gasteiger partial charge is 0.123 e. The predicted molar refractivity (Wildman–Crippen MR) is 143 cm³/mol. The first-order chi connectivity index (χ1) is 16.8. The van der Waals surface area contributed by atoms with Gasteiger partial charge in [-0.2, -0.15) is 0 Å². The summed E-state index contributed by atoms with van der Waals surface area (Å²) in [4.78, 5) is 6.99. The summed E-state index contributed by atoms with van der Waals surface area (Å²) in [7, 11) is 1.76. The fourth-order valence-corrected chi connectivity index (χ4v) is 3.85. The van der Waals surface area contributed by atoms with Crippen molar-refractivity contribution in [1.29, 1.82) is 10.8 Å². The van der Waals surface area contributed by atoms with E-state index >= 15 is 0 Å². The van der Waals surface area contributed by atoms with Crippen molar-refractivity contribution >= 4 is 18.3 Å². The zero-order valence-corrected chi connectivity index (χ0v) is 21.1. The number of nitrogens with two attached hydrogens (primary N) is 1. The van der Waals surface area contributed by atoms with Crippen LogP contribution in [0.3, 0.4) is 0 Å². The molecule has 1 fully saturated rings. The van der Waals surface area contributed by atoms with E-state index in [1.165, 1.54) is 6.21 Å². The van der Waals surface area contributed by atoms with Crippen molar-refractivity contribution in [3.63, 3.8) is 0 Å². The molecule has 0 bridgehead atoms. The van der Waals surface area contributed by atoms with Gasteiger partial charge in [-0.3, -0.25) is 15.3 Å². The summed E-state index contributed by atoms with van der Waals surface area (Å²) in [5, 5.41) is 25.5. The van der Waals surface area contributed by atoms with Gasteiger partial charge in [0, 0.05) is 68.8 Å². The number of dihydropyridines is 2. The van der Waals surface area contributed by atoms with Gasteiger partial charge in [0.15, 0.2) is 0 Å². The Morgan fingerprint density at radius 2 is 2.11 bits per heavy atom. The second-order valence-electron chi connectivity index (χ2n) is 9.17. The van der Waals surface area contributed by atoms with Crippen LogP contribution in [-0.2, 0) is 4.74 Å². The van der Waals surface area contributed by atoms with E-state index in [0.29, 0.717) is 17.6 Å². The van der Waals surface area contributed by atoms with Gasteiger partial charge in [-0.15, -0.1) is 0 Å². The van der Waals surface area contributed by atoms with Crippen molar-refractivity contribution < 1.29 is 4.74 Å². The quantitative estimate of drug-likeness (QED) is 0.153. The van der Waals surface area contributed by atoms with Gasteiger partial charge in [0.2, 0.25) is 0 Å². The third-order valence-corrected chi connectivity index (χ3v) is 6.05. The van der Waals surface area contributed by atoms with Crippen LogP contribution in [0.1, 0.15) is 27.2 Å². The van der Waals surface area contributed by atoms with E-state index in [4.69, 9.17) is 21.3 Å². The molecule has 9 heteroatoms. The number of amidine groups is 1. The van der Waals surface area contributed by atoms with Gasteiger partial charge in [0.25, 0.3) is 0 Å². The second-order valence-corrected chi connectivity index (χ2v) is 9.17. The Morgan fingerprint density at radius 1 is 1.34 bits per heavy atom. The third kappa shape index (κ3) is 7.27. The summed E-state index contributed by atoms with van der Waals surface area (Å²) in [6, 6.07) is 0. The largest absolute Gasteiger partial charge is 0.402 e. The summed E-state index contributed by atoms with van der Waals surface area (Å²) >= 11 is 0. The lowest BCUT2D eigenvalue weighted by molar-refractivity contribution is -0.0291. The first-order valence-corrected chi connectivity index (χ1v) is 12.0. The molecule has 0 saturated carbocycles. The number of allylic oxidation sites excluding steroid dienone is 7. The van der Waals surface area contributed by atoms with Crippen LogP contribution in [0.4, 0.5) is 0 Å². The van der Waals surface area contributed by atoms with Crippen molar-refractivity contribution in [2.24, 2.45) is 16.6 Å². The Labute approximate surface area is 208 Å². The van der Waals surface area contributed by atoms with Gasteiger partial charge < -0.3 is 31.8 Å². The van der Waals surface area contributed by atoms with Gasteiger partial charge in [0.05, 0.1) is 17.5 Å². The van der Waals surface area contributed by atoms with Gasteiger partial charge in [0.1, 0.15) is 11.7 Å². The van der Waals surface area contributed by atoms with Crippen LogP contribution in [0.5, 0.6) is 0 Å². The molecule has 0 aromatic carbocycles. The molecule has 3 rings (SSSR count). The highest BCUT2D eigenvalue weighted by atomic mass is 16.5. The Hall–Kier alpha value is -3.43.